The third-order valence-corrected chi connectivity index (χ3v) is 8.19. The van der Waals surface area contributed by atoms with Gasteiger partial charge in [0.05, 0.1) is 19.3 Å². The molecule has 0 radical (unpaired) electrons. The number of nitrogens with one attached hydrogen (secondary N) is 2. The van der Waals surface area contributed by atoms with E-state index >= 15 is 0 Å². The van der Waals surface area contributed by atoms with Crippen LogP contribution in [0.3, 0.4) is 0 Å². The van der Waals surface area contributed by atoms with Gasteiger partial charge >= 0.3 is 12.3 Å². The number of carbonyl (C=O) groups is 2. The quantitative estimate of drug-likeness (QED) is 0.145. The van der Waals surface area contributed by atoms with Crippen molar-refractivity contribution >= 4 is 44.3 Å². The molecule has 266 valence electrons. The Morgan fingerprint density at radius 2 is 1.70 bits per heavy atom. The van der Waals surface area contributed by atoms with E-state index in [1.54, 1.807) is 53.0 Å². The average Bonchev–Trinajstić information content (AvgIpc) is 3.63. The second-order valence-electron chi connectivity index (χ2n) is 13.3. The maximum Gasteiger partial charge on any atom is 0.433 e. The second-order valence-corrected chi connectivity index (χ2v) is 14.3. The summed E-state index contributed by atoms with van der Waals surface area (Å²) in [6.07, 6.45) is -5.54. The van der Waals surface area contributed by atoms with E-state index in [9.17, 15) is 27.2 Å². The van der Waals surface area contributed by atoms with Crippen molar-refractivity contribution in [2.75, 3.05) is 13.7 Å². The molecule has 2 amide bonds. The van der Waals surface area contributed by atoms with Crippen molar-refractivity contribution < 1.29 is 45.8 Å². The first-order valence-corrected chi connectivity index (χ1v) is 16.3. The van der Waals surface area contributed by atoms with Gasteiger partial charge in [0.25, 0.3) is 5.91 Å². The van der Waals surface area contributed by atoms with Crippen LogP contribution in [0.1, 0.15) is 75.1 Å². The van der Waals surface area contributed by atoms with Gasteiger partial charge in [0.1, 0.15) is 34.4 Å². The van der Waals surface area contributed by atoms with Crippen LogP contribution in [0.2, 0.25) is 0 Å². The summed E-state index contributed by atoms with van der Waals surface area (Å²) in [7, 11) is 1.30. The highest BCUT2D eigenvalue weighted by Crippen LogP contribution is 2.38. The molecule has 0 aliphatic carbocycles. The van der Waals surface area contributed by atoms with Gasteiger partial charge in [-0.15, -0.1) is 11.3 Å². The van der Waals surface area contributed by atoms with E-state index in [1.165, 1.54) is 48.8 Å². The van der Waals surface area contributed by atoms with Gasteiger partial charge in [-0.05, 0) is 95.0 Å². The minimum Gasteiger partial charge on any atom is -0.494 e. The molecule has 2 aromatic carbocycles. The number of alkyl carbamates (subject to hydrolysis) is 1. The zero-order valence-corrected chi connectivity index (χ0v) is 29.2. The first-order valence-electron chi connectivity index (χ1n) is 15.5. The lowest BCUT2D eigenvalue weighted by Crippen LogP contribution is -2.38. The van der Waals surface area contributed by atoms with Crippen molar-refractivity contribution in [3.05, 3.63) is 76.4 Å². The van der Waals surface area contributed by atoms with Crippen molar-refractivity contribution in [2.24, 2.45) is 0 Å². The topological polar surface area (TPSA) is 125 Å². The molecule has 0 fully saturated rings. The number of hydrogen-bond acceptors (Lipinski definition) is 9. The number of nitrogens with zero attached hydrogens (tertiary/aromatic N) is 2. The molecule has 0 spiro atoms. The number of carbonyl (C=O) groups excluding carboxylic acids is 2. The summed E-state index contributed by atoms with van der Waals surface area (Å²) in [6.45, 7) is 10.3. The number of oxazole rings is 1. The number of halogens is 4. The highest BCUT2D eigenvalue weighted by Gasteiger charge is 2.34. The number of thiophene rings is 1. The number of alkyl halides is 3. The van der Waals surface area contributed by atoms with Crippen LogP contribution >= 0.6 is 11.3 Å². The molecular formula is C35H36F4N4O6S. The fraction of sp³-hybridized carbons (Fsp3) is 0.371. The standard InChI is InChI=1S/C35H36F4N4O6S/c1-33(2,3)47-16-23(41-32(45)49-34(4,5)6)29-28(30(44)40-15-18-17-50-25-12-8-19(36)14-22(18)25)43-31(48-29)21-9-11-24(46-7)27-20(21)10-13-26(42-27)35(37,38)39/h8-14,17,23H,15-16H2,1-7H3,(H,40,44)(H,41,45)/t23-/m0/s1. The molecule has 0 aliphatic heterocycles. The van der Waals surface area contributed by atoms with Gasteiger partial charge in [0, 0.05) is 27.6 Å². The predicted octanol–water partition coefficient (Wildman–Crippen LogP) is 8.58. The molecule has 10 nitrogen and oxygen atoms in total. The molecule has 1 atom stereocenters. The molecule has 5 rings (SSSR count). The van der Waals surface area contributed by atoms with Crippen LogP contribution in [0.5, 0.6) is 5.75 Å². The Labute approximate surface area is 289 Å². The molecule has 15 heteroatoms. The molecule has 0 saturated carbocycles. The number of hydrogen-bond donors (Lipinski definition) is 2. The lowest BCUT2D eigenvalue weighted by molar-refractivity contribution is -0.140. The molecule has 0 unspecified atom stereocenters. The van der Waals surface area contributed by atoms with E-state index in [1.807, 2.05) is 0 Å². The van der Waals surface area contributed by atoms with Crippen LogP contribution in [-0.2, 0) is 22.2 Å². The van der Waals surface area contributed by atoms with E-state index in [0.717, 1.165) is 10.8 Å². The van der Waals surface area contributed by atoms with Crippen LogP contribution < -0.4 is 15.4 Å². The molecular weight excluding hydrogens is 680 g/mol. The van der Waals surface area contributed by atoms with Gasteiger partial charge in [0.15, 0.2) is 11.5 Å². The summed E-state index contributed by atoms with van der Waals surface area (Å²) in [4.78, 5) is 35.2. The number of aromatic nitrogens is 2. The number of amides is 2. The Morgan fingerprint density at radius 3 is 2.36 bits per heavy atom. The second kappa shape index (κ2) is 13.9. The van der Waals surface area contributed by atoms with Gasteiger partial charge in [-0.1, -0.05) is 0 Å². The predicted molar refractivity (Wildman–Crippen MR) is 180 cm³/mol. The lowest BCUT2D eigenvalue weighted by atomic mass is 10.1. The van der Waals surface area contributed by atoms with Gasteiger partial charge in [-0.25, -0.2) is 19.2 Å². The maximum absolute atomic E-state index is 14.0. The Balaban J connectivity index is 1.61. The van der Waals surface area contributed by atoms with Crippen LogP contribution in [0.15, 0.2) is 52.3 Å². The number of pyridine rings is 1. The summed E-state index contributed by atoms with van der Waals surface area (Å²) in [5, 5.41) is 8.14. The summed E-state index contributed by atoms with van der Waals surface area (Å²) in [5.41, 5.74) is -2.14. The van der Waals surface area contributed by atoms with Crippen molar-refractivity contribution in [3.8, 4) is 17.2 Å². The van der Waals surface area contributed by atoms with E-state index in [2.05, 4.69) is 20.6 Å². The molecule has 2 N–H and O–H groups in total. The molecule has 3 heterocycles. The van der Waals surface area contributed by atoms with Crippen molar-refractivity contribution in [1.29, 1.82) is 0 Å². The Morgan fingerprint density at radius 1 is 0.960 bits per heavy atom. The summed E-state index contributed by atoms with van der Waals surface area (Å²) >= 11 is 1.39. The number of ether oxygens (including phenoxy) is 3. The fourth-order valence-corrected chi connectivity index (χ4v) is 5.91. The molecule has 5 aromatic rings. The molecule has 3 aromatic heterocycles. The fourth-order valence-electron chi connectivity index (χ4n) is 4.96. The summed E-state index contributed by atoms with van der Waals surface area (Å²) < 4.78 is 78.6. The van der Waals surface area contributed by atoms with E-state index in [-0.39, 0.29) is 52.7 Å². The number of fused-ring (bicyclic) bond motifs is 2. The zero-order chi connectivity index (χ0) is 36.6. The molecule has 0 saturated heterocycles. The first kappa shape index (κ1) is 36.5. The Bertz CT molecular complexity index is 2050. The van der Waals surface area contributed by atoms with Gasteiger partial charge in [0.2, 0.25) is 5.89 Å². The zero-order valence-electron chi connectivity index (χ0n) is 28.4. The Hall–Kier alpha value is -4.76. The number of benzene rings is 2. The van der Waals surface area contributed by atoms with Gasteiger partial charge < -0.3 is 29.3 Å². The highest BCUT2D eigenvalue weighted by atomic mass is 32.1. The van der Waals surface area contributed by atoms with Crippen LogP contribution in [0, 0.1) is 5.82 Å². The third kappa shape index (κ3) is 8.51. The molecule has 0 aliphatic rings. The van der Waals surface area contributed by atoms with E-state index in [0.29, 0.717) is 10.9 Å². The lowest BCUT2D eigenvalue weighted by Gasteiger charge is -2.26. The maximum atomic E-state index is 14.0. The van der Waals surface area contributed by atoms with Crippen LogP contribution in [0.25, 0.3) is 32.4 Å². The minimum absolute atomic E-state index is 0.00216. The van der Waals surface area contributed by atoms with Crippen molar-refractivity contribution in [2.45, 2.75) is 71.5 Å². The molecule has 0 bridgehead atoms. The highest BCUT2D eigenvalue weighted by molar-refractivity contribution is 7.17. The SMILES string of the molecule is COc1ccc(-c2nc(C(=O)NCc3csc4ccc(F)cc34)c([C@H](COC(C)(C)C)NC(=O)OC(C)(C)C)o2)c2ccc(C(F)(F)F)nc12. The van der Waals surface area contributed by atoms with Crippen molar-refractivity contribution in [3.63, 3.8) is 0 Å². The monoisotopic (exact) mass is 716 g/mol. The normalized spacial score (nSPS) is 13.0. The number of methoxy groups -OCH3 is 1. The van der Waals surface area contributed by atoms with Crippen molar-refractivity contribution in [1.82, 2.24) is 20.6 Å². The Kier molecular flexibility index (Phi) is 10.1. The van der Waals surface area contributed by atoms with Gasteiger partial charge in [-0.2, -0.15) is 13.2 Å². The van der Waals surface area contributed by atoms with Crippen LogP contribution in [0.4, 0.5) is 22.4 Å². The van der Waals surface area contributed by atoms with E-state index < -0.39 is 46.9 Å². The molecule has 50 heavy (non-hydrogen) atoms. The van der Waals surface area contributed by atoms with Gasteiger partial charge in [-0.3, -0.25) is 4.79 Å². The van der Waals surface area contributed by atoms with Crippen LogP contribution in [-0.4, -0.2) is 46.9 Å². The summed E-state index contributed by atoms with van der Waals surface area (Å²) in [6, 6.07) is 8.23. The first-order chi connectivity index (χ1) is 23.3. The minimum atomic E-state index is -4.72. The largest absolute Gasteiger partial charge is 0.494 e. The summed E-state index contributed by atoms with van der Waals surface area (Å²) in [5.74, 6) is -1.30. The van der Waals surface area contributed by atoms with E-state index in [4.69, 9.17) is 18.6 Å². The number of rotatable bonds is 9. The smallest absolute Gasteiger partial charge is 0.433 e. The average molecular weight is 717 g/mol. The third-order valence-electron chi connectivity index (χ3n) is 7.17.